The van der Waals surface area contributed by atoms with Gasteiger partial charge in [0.2, 0.25) is 0 Å². The van der Waals surface area contributed by atoms with Gasteiger partial charge >= 0.3 is 0 Å². The number of thioether (sulfide) groups is 1. The van der Waals surface area contributed by atoms with Gasteiger partial charge in [-0.15, -0.1) is 12.3 Å². The second-order valence-corrected chi connectivity index (χ2v) is 5.97. The molecular formula is C14H25NS. The van der Waals surface area contributed by atoms with Gasteiger partial charge in [0.15, 0.2) is 0 Å². The molecule has 0 bridgehead atoms. The monoisotopic (exact) mass is 239 g/mol. The number of hydrogen-bond acceptors (Lipinski definition) is 2. The fourth-order valence-electron chi connectivity index (χ4n) is 2.16. The highest BCUT2D eigenvalue weighted by atomic mass is 32.2. The first-order valence-electron chi connectivity index (χ1n) is 6.65. The van der Waals surface area contributed by atoms with Crippen LogP contribution in [0.1, 0.15) is 51.9 Å². The smallest absolute Gasteiger partial charge is 0.0167 e. The predicted octanol–water partition coefficient (Wildman–Crippen LogP) is 3.44. The summed E-state index contributed by atoms with van der Waals surface area (Å²) in [5.41, 5.74) is 0. The molecule has 16 heavy (non-hydrogen) atoms. The van der Waals surface area contributed by atoms with Gasteiger partial charge in [0.05, 0.1) is 0 Å². The minimum absolute atomic E-state index is 0.626. The van der Waals surface area contributed by atoms with Crippen LogP contribution in [0.2, 0.25) is 0 Å². The van der Waals surface area contributed by atoms with E-state index in [1.165, 1.54) is 37.9 Å². The van der Waals surface area contributed by atoms with Crippen LogP contribution < -0.4 is 5.32 Å². The van der Waals surface area contributed by atoms with Crippen LogP contribution in [-0.4, -0.2) is 23.6 Å². The maximum absolute atomic E-state index is 5.34. The summed E-state index contributed by atoms with van der Waals surface area (Å²) in [4.78, 5) is 0. The van der Waals surface area contributed by atoms with Gasteiger partial charge in [-0.25, -0.2) is 0 Å². The minimum Gasteiger partial charge on any atom is -0.313 e. The lowest BCUT2D eigenvalue weighted by Crippen LogP contribution is -2.32. The Balaban J connectivity index is 2.16. The molecule has 0 aromatic carbocycles. The Labute approximate surface area is 105 Å². The normalized spacial score (nSPS) is 18.5. The van der Waals surface area contributed by atoms with Crippen molar-refractivity contribution >= 4 is 11.8 Å². The summed E-state index contributed by atoms with van der Waals surface area (Å²) in [5, 5.41) is 4.54. The molecule has 1 atom stereocenters. The Morgan fingerprint density at radius 2 is 2.19 bits per heavy atom. The third kappa shape index (κ3) is 5.82. The molecule has 1 rings (SSSR count). The van der Waals surface area contributed by atoms with Crippen LogP contribution in [0.3, 0.4) is 0 Å². The van der Waals surface area contributed by atoms with Crippen LogP contribution >= 0.6 is 11.8 Å². The molecule has 0 saturated heterocycles. The zero-order valence-corrected chi connectivity index (χ0v) is 11.3. The first-order valence-corrected chi connectivity index (χ1v) is 7.70. The fraction of sp³-hybridized carbons (Fsp3) is 0.857. The van der Waals surface area contributed by atoms with Gasteiger partial charge in [0.25, 0.3) is 0 Å². The minimum atomic E-state index is 0.626. The Hall–Kier alpha value is -0.130. The molecule has 0 amide bonds. The van der Waals surface area contributed by atoms with Crippen molar-refractivity contribution in [3.63, 3.8) is 0 Å². The summed E-state index contributed by atoms with van der Waals surface area (Å²) in [6, 6.07) is 0.626. The number of nitrogens with one attached hydrogen (secondary N) is 1. The SMILES string of the molecule is C#CCCC(CSC1CCCC1)NCCC. The van der Waals surface area contributed by atoms with Crippen molar-refractivity contribution in [1.29, 1.82) is 0 Å². The van der Waals surface area contributed by atoms with E-state index < -0.39 is 0 Å². The van der Waals surface area contributed by atoms with Crippen molar-refractivity contribution in [1.82, 2.24) is 5.32 Å². The largest absolute Gasteiger partial charge is 0.313 e. The molecule has 1 nitrogen and oxygen atoms in total. The highest BCUT2D eigenvalue weighted by Crippen LogP contribution is 2.30. The molecule has 0 aromatic rings. The quantitative estimate of drug-likeness (QED) is 0.651. The first-order chi connectivity index (χ1) is 7.86. The Bertz CT molecular complexity index is 203. The van der Waals surface area contributed by atoms with E-state index in [9.17, 15) is 0 Å². The van der Waals surface area contributed by atoms with E-state index in [1.807, 2.05) is 0 Å². The second-order valence-electron chi connectivity index (χ2n) is 4.63. The molecule has 0 spiro atoms. The van der Waals surface area contributed by atoms with Crippen LogP contribution in [0.4, 0.5) is 0 Å². The van der Waals surface area contributed by atoms with Crippen LogP contribution in [0, 0.1) is 12.3 Å². The molecule has 2 heteroatoms. The molecule has 0 aromatic heterocycles. The third-order valence-corrected chi connectivity index (χ3v) is 4.69. The van der Waals surface area contributed by atoms with Crippen molar-refractivity contribution in [2.45, 2.75) is 63.2 Å². The maximum atomic E-state index is 5.34. The summed E-state index contributed by atoms with van der Waals surface area (Å²) in [6.07, 6.45) is 14.3. The zero-order chi connectivity index (χ0) is 11.6. The summed E-state index contributed by atoms with van der Waals surface area (Å²) >= 11 is 2.16. The molecular weight excluding hydrogens is 214 g/mol. The van der Waals surface area contributed by atoms with Crippen molar-refractivity contribution in [2.24, 2.45) is 0 Å². The molecule has 1 saturated carbocycles. The number of terminal acetylenes is 1. The Morgan fingerprint density at radius 3 is 2.81 bits per heavy atom. The third-order valence-electron chi connectivity index (χ3n) is 3.16. The topological polar surface area (TPSA) is 12.0 Å². The zero-order valence-electron chi connectivity index (χ0n) is 10.5. The van der Waals surface area contributed by atoms with E-state index in [1.54, 1.807) is 0 Å². The summed E-state index contributed by atoms with van der Waals surface area (Å²) in [5.74, 6) is 4.00. The summed E-state index contributed by atoms with van der Waals surface area (Å²) in [6.45, 7) is 3.34. The van der Waals surface area contributed by atoms with E-state index >= 15 is 0 Å². The first kappa shape index (κ1) is 13.9. The van der Waals surface area contributed by atoms with Gasteiger partial charge in [-0.3, -0.25) is 0 Å². The second kappa shape index (κ2) is 8.96. The maximum Gasteiger partial charge on any atom is 0.0167 e. The van der Waals surface area contributed by atoms with Crippen molar-refractivity contribution < 1.29 is 0 Å². The van der Waals surface area contributed by atoms with Gasteiger partial charge in [-0.2, -0.15) is 11.8 Å². The van der Waals surface area contributed by atoms with Gasteiger partial charge in [0, 0.05) is 23.5 Å². The predicted molar refractivity (Wildman–Crippen MR) is 74.9 cm³/mol. The van der Waals surface area contributed by atoms with E-state index in [2.05, 4.69) is 29.9 Å². The molecule has 1 aliphatic rings. The van der Waals surface area contributed by atoms with E-state index in [4.69, 9.17) is 6.42 Å². The molecule has 1 unspecified atom stereocenters. The lowest BCUT2D eigenvalue weighted by molar-refractivity contribution is 0.526. The highest BCUT2D eigenvalue weighted by Gasteiger charge is 2.17. The molecule has 1 aliphatic carbocycles. The van der Waals surface area contributed by atoms with Crippen molar-refractivity contribution in [2.75, 3.05) is 12.3 Å². The molecule has 0 radical (unpaired) electrons. The molecule has 1 N–H and O–H groups in total. The average Bonchev–Trinajstić information content (AvgIpc) is 2.81. The molecule has 0 aliphatic heterocycles. The average molecular weight is 239 g/mol. The van der Waals surface area contributed by atoms with Gasteiger partial charge in [-0.1, -0.05) is 19.8 Å². The summed E-state index contributed by atoms with van der Waals surface area (Å²) in [7, 11) is 0. The molecule has 1 fully saturated rings. The molecule has 92 valence electrons. The van der Waals surface area contributed by atoms with Gasteiger partial charge in [0.1, 0.15) is 0 Å². The summed E-state index contributed by atoms with van der Waals surface area (Å²) < 4.78 is 0. The number of hydrogen-bond donors (Lipinski definition) is 1. The fourth-order valence-corrected chi connectivity index (χ4v) is 3.61. The van der Waals surface area contributed by atoms with E-state index in [-0.39, 0.29) is 0 Å². The standard InChI is InChI=1S/C14H25NS/c1-3-5-8-13(15-11-4-2)12-16-14-9-6-7-10-14/h1,13-15H,4-12H2,2H3. The highest BCUT2D eigenvalue weighted by molar-refractivity contribution is 7.99. The van der Waals surface area contributed by atoms with E-state index in [0.29, 0.717) is 6.04 Å². The van der Waals surface area contributed by atoms with Crippen LogP contribution in [0.25, 0.3) is 0 Å². The number of rotatable bonds is 8. The van der Waals surface area contributed by atoms with E-state index in [0.717, 1.165) is 24.6 Å². The van der Waals surface area contributed by atoms with Crippen LogP contribution in [-0.2, 0) is 0 Å². The van der Waals surface area contributed by atoms with Gasteiger partial charge in [-0.05, 0) is 32.2 Å². The van der Waals surface area contributed by atoms with Gasteiger partial charge < -0.3 is 5.32 Å². The lowest BCUT2D eigenvalue weighted by Gasteiger charge is -2.19. The van der Waals surface area contributed by atoms with Crippen molar-refractivity contribution in [3.05, 3.63) is 0 Å². The lowest BCUT2D eigenvalue weighted by atomic mass is 10.2. The van der Waals surface area contributed by atoms with Crippen molar-refractivity contribution in [3.8, 4) is 12.3 Å². The van der Waals surface area contributed by atoms with Crippen LogP contribution in [0.15, 0.2) is 0 Å². The Kier molecular flexibility index (Phi) is 7.80. The van der Waals surface area contributed by atoms with Crippen LogP contribution in [0.5, 0.6) is 0 Å². The molecule has 0 heterocycles. The Morgan fingerprint density at radius 1 is 1.44 bits per heavy atom.